The normalized spacial score (nSPS) is 20.8. The molecule has 1 amide bonds. The number of nitrogens with one attached hydrogen (secondary N) is 1. The Hall–Kier alpha value is -2.11. The maximum atomic E-state index is 13.0. The SMILES string of the molecule is CC/C=C\C/C=C\C/C=C\C/C=C\CCCCCCCCCCCCCCC(=O)NC(COC1OC(CO)C(O)C(O)C1O)C(O)/C=C/CCCCCCCCCCCCCC. The van der Waals surface area contributed by atoms with Crippen LogP contribution in [0, 0.1) is 0 Å². The van der Waals surface area contributed by atoms with Crippen molar-refractivity contribution in [3.8, 4) is 0 Å². The van der Waals surface area contributed by atoms with E-state index in [0.717, 1.165) is 64.2 Å². The number of amides is 1. The molecule has 62 heavy (non-hydrogen) atoms. The number of hydrogen-bond acceptors (Lipinski definition) is 8. The molecule has 0 aromatic carbocycles. The molecule has 1 aliphatic rings. The van der Waals surface area contributed by atoms with Gasteiger partial charge in [-0.25, -0.2) is 0 Å². The molecule has 9 nitrogen and oxygen atoms in total. The van der Waals surface area contributed by atoms with Crippen molar-refractivity contribution in [2.75, 3.05) is 13.2 Å². The van der Waals surface area contributed by atoms with E-state index in [0.29, 0.717) is 6.42 Å². The minimum atomic E-state index is -1.57. The first-order valence-electron chi connectivity index (χ1n) is 25.5. The van der Waals surface area contributed by atoms with E-state index in [1.165, 1.54) is 128 Å². The van der Waals surface area contributed by atoms with Gasteiger partial charge in [0.15, 0.2) is 6.29 Å². The smallest absolute Gasteiger partial charge is 0.220 e. The molecule has 0 bridgehead atoms. The first kappa shape index (κ1) is 57.9. The Labute approximate surface area is 379 Å². The Morgan fingerprint density at radius 3 is 1.48 bits per heavy atom. The van der Waals surface area contributed by atoms with Gasteiger partial charge in [0, 0.05) is 6.42 Å². The average Bonchev–Trinajstić information content (AvgIpc) is 3.27. The highest BCUT2D eigenvalue weighted by Gasteiger charge is 2.44. The Bertz CT molecular complexity index is 1150. The quantitative estimate of drug-likeness (QED) is 0.0262. The highest BCUT2D eigenvalue weighted by molar-refractivity contribution is 5.76. The molecule has 0 aliphatic carbocycles. The van der Waals surface area contributed by atoms with Crippen molar-refractivity contribution in [2.45, 2.75) is 256 Å². The molecular weight excluding hydrogens is 779 g/mol. The topological polar surface area (TPSA) is 149 Å². The van der Waals surface area contributed by atoms with Crippen LogP contribution in [0.2, 0.25) is 0 Å². The van der Waals surface area contributed by atoms with Gasteiger partial charge in [-0.2, -0.15) is 0 Å². The van der Waals surface area contributed by atoms with Gasteiger partial charge in [0.05, 0.1) is 25.4 Å². The number of carbonyl (C=O) groups excluding carboxylic acids is 1. The van der Waals surface area contributed by atoms with Crippen LogP contribution in [0.5, 0.6) is 0 Å². The van der Waals surface area contributed by atoms with Gasteiger partial charge in [-0.3, -0.25) is 4.79 Å². The lowest BCUT2D eigenvalue weighted by molar-refractivity contribution is -0.302. The van der Waals surface area contributed by atoms with Gasteiger partial charge in [-0.15, -0.1) is 0 Å². The molecule has 1 saturated heterocycles. The molecule has 0 saturated carbocycles. The Morgan fingerprint density at radius 1 is 0.565 bits per heavy atom. The van der Waals surface area contributed by atoms with E-state index in [1.54, 1.807) is 6.08 Å². The predicted molar refractivity (Wildman–Crippen MR) is 258 cm³/mol. The highest BCUT2D eigenvalue weighted by atomic mass is 16.7. The van der Waals surface area contributed by atoms with Gasteiger partial charge in [0.1, 0.15) is 24.4 Å². The summed E-state index contributed by atoms with van der Waals surface area (Å²) in [6.07, 6.45) is 49.8. The minimum Gasteiger partial charge on any atom is -0.394 e. The van der Waals surface area contributed by atoms with Gasteiger partial charge in [-0.1, -0.05) is 209 Å². The maximum absolute atomic E-state index is 13.0. The van der Waals surface area contributed by atoms with Gasteiger partial charge in [-0.05, 0) is 57.8 Å². The zero-order valence-electron chi connectivity index (χ0n) is 39.6. The van der Waals surface area contributed by atoms with Crippen LogP contribution in [-0.4, -0.2) is 87.5 Å². The van der Waals surface area contributed by atoms with E-state index in [1.807, 2.05) is 6.08 Å². The zero-order valence-corrected chi connectivity index (χ0v) is 39.6. The van der Waals surface area contributed by atoms with Crippen LogP contribution in [-0.2, 0) is 14.3 Å². The summed E-state index contributed by atoms with van der Waals surface area (Å²) in [6.45, 7) is 3.66. The molecule has 0 spiro atoms. The van der Waals surface area contributed by atoms with Gasteiger partial charge >= 0.3 is 0 Å². The van der Waals surface area contributed by atoms with Gasteiger partial charge < -0.3 is 40.3 Å². The summed E-state index contributed by atoms with van der Waals surface area (Å²) in [6, 6.07) is -0.807. The average molecular weight is 874 g/mol. The maximum Gasteiger partial charge on any atom is 0.220 e. The number of hydrogen-bond donors (Lipinski definition) is 6. The molecule has 0 radical (unpaired) electrons. The lowest BCUT2D eigenvalue weighted by atomic mass is 9.99. The second-order valence-corrected chi connectivity index (χ2v) is 17.6. The van der Waals surface area contributed by atoms with E-state index < -0.39 is 49.5 Å². The second-order valence-electron chi connectivity index (χ2n) is 17.6. The molecule has 1 rings (SSSR count). The van der Waals surface area contributed by atoms with Crippen LogP contribution in [0.4, 0.5) is 0 Å². The summed E-state index contributed by atoms with van der Waals surface area (Å²) in [5, 5.41) is 54.3. The van der Waals surface area contributed by atoms with Crippen molar-refractivity contribution in [3.05, 3.63) is 60.8 Å². The van der Waals surface area contributed by atoms with E-state index in [4.69, 9.17) is 9.47 Å². The van der Waals surface area contributed by atoms with Crippen LogP contribution in [0.1, 0.15) is 213 Å². The lowest BCUT2D eigenvalue weighted by Crippen LogP contribution is -2.60. The number of aliphatic hydroxyl groups is 5. The molecule has 0 aromatic rings. The number of carbonyl (C=O) groups is 1. The molecule has 1 fully saturated rings. The van der Waals surface area contributed by atoms with Gasteiger partial charge in [0.25, 0.3) is 0 Å². The summed E-state index contributed by atoms with van der Waals surface area (Å²) < 4.78 is 11.2. The predicted octanol–water partition coefficient (Wildman–Crippen LogP) is 11.6. The second kappa shape index (κ2) is 42.8. The third-order valence-corrected chi connectivity index (χ3v) is 11.8. The van der Waals surface area contributed by atoms with Crippen LogP contribution in [0.25, 0.3) is 0 Å². The van der Waals surface area contributed by atoms with Crippen LogP contribution in [0.15, 0.2) is 60.8 Å². The molecule has 7 atom stereocenters. The summed E-state index contributed by atoms with van der Waals surface area (Å²) >= 11 is 0. The van der Waals surface area contributed by atoms with E-state index in [-0.39, 0.29) is 12.5 Å². The first-order chi connectivity index (χ1) is 30.3. The number of ether oxygens (including phenoxy) is 2. The van der Waals surface area contributed by atoms with Crippen LogP contribution < -0.4 is 5.32 Å². The molecule has 0 aromatic heterocycles. The fourth-order valence-electron chi connectivity index (χ4n) is 7.79. The molecule has 360 valence electrons. The summed E-state index contributed by atoms with van der Waals surface area (Å²) in [7, 11) is 0. The van der Waals surface area contributed by atoms with Crippen LogP contribution in [0.3, 0.4) is 0 Å². The van der Waals surface area contributed by atoms with E-state index >= 15 is 0 Å². The molecule has 1 heterocycles. The van der Waals surface area contributed by atoms with Crippen LogP contribution >= 0.6 is 0 Å². The Kier molecular flexibility index (Phi) is 40.0. The lowest BCUT2D eigenvalue weighted by Gasteiger charge is -2.40. The molecule has 6 N–H and O–H groups in total. The van der Waals surface area contributed by atoms with Crippen molar-refractivity contribution in [1.29, 1.82) is 0 Å². The number of aliphatic hydroxyl groups excluding tert-OH is 5. The van der Waals surface area contributed by atoms with E-state index in [2.05, 4.69) is 67.8 Å². The number of unbranched alkanes of at least 4 members (excludes halogenated alkanes) is 24. The first-order valence-corrected chi connectivity index (χ1v) is 25.5. The van der Waals surface area contributed by atoms with Crippen molar-refractivity contribution in [1.82, 2.24) is 5.32 Å². The third kappa shape index (κ3) is 32.5. The largest absolute Gasteiger partial charge is 0.394 e. The molecule has 7 unspecified atom stereocenters. The Morgan fingerprint density at radius 2 is 1.00 bits per heavy atom. The third-order valence-electron chi connectivity index (χ3n) is 11.8. The minimum absolute atomic E-state index is 0.181. The Balaban J connectivity index is 2.25. The van der Waals surface area contributed by atoms with Crippen molar-refractivity contribution in [2.24, 2.45) is 0 Å². The molecule has 1 aliphatic heterocycles. The number of rotatable bonds is 42. The fourth-order valence-corrected chi connectivity index (χ4v) is 7.79. The summed E-state index contributed by atoms with van der Waals surface area (Å²) in [5.74, 6) is -0.181. The summed E-state index contributed by atoms with van der Waals surface area (Å²) in [5.41, 5.74) is 0. The van der Waals surface area contributed by atoms with Gasteiger partial charge in [0.2, 0.25) is 5.91 Å². The fraction of sp³-hybridized carbons (Fsp3) is 0.792. The number of allylic oxidation sites excluding steroid dienone is 9. The standard InChI is InChI=1S/C53H95NO8/c1-3-5-7-9-11-13-15-17-19-20-21-22-23-24-25-26-27-28-29-31-33-35-37-39-41-43-49(57)54-46(45-61-53-52(60)51(59)50(58)48(44-55)62-53)47(56)42-40-38-36-34-32-30-18-16-14-12-10-8-6-4-2/h5,7,11,13,17,19,21-22,40,42,46-48,50-53,55-56,58-60H,3-4,6,8-10,12,14-16,18,20,23-39,41,43-45H2,1-2H3,(H,54,57)/b7-5-,13-11-,19-17-,22-21-,42-40+. The van der Waals surface area contributed by atoms with Crippen molar-refractivity contribution in [3.63, 3.8) is 0 Å². The van der Waals surface area contributed by atoms with Crippen molar-refractivity contribution >= 4 is 5.91 Å². The van der Waals surface area contributed by atoms with E-state index in [9.17, 15) is 30.3 Å². The highest BCUT2D eigenvalue weighted by Crippen LogP contribution is 2.23. The summed E-state index contributed by atoms with van der Waals surface area (Å²) in [4.78, 5) is 13.0. The monoisotopic (exact) mass is 874 g/mol. The molecular formula is C53H95NO8. The molecule has 9 heteroatoms. The zero-order chi connectivity index (χ0) is 45.1. The van der Waals surface area contributed by atoms with Crippen molar-refractivity contribution < 1.29 is 39.8 Å².